The molecular formula is C11H12O2. The second kappa shape index (κ2) is 2.41. The maximum absolute atomic E-state index is 9.55. The maximum Gasteiger partial charge on any atom is 0.280 e. The molecule has 1 unspecified atom stereocenters. The third-order valence-electron chi connectivity index (χ3n) is 3.28. The Balaban J connectivity index is 2.13. The molecule has 2 nitrogen and oxygen atoms in total. The molecule has 1 N–H and O–H groups in total. The Kier molecular flexibility index (Phi) is 1.34. The van der Waals surface area contributed by atoms with Gasteiger partial charge < -0.3 is 9.84 Å². The molecule has 13 heavy (non-hydrogen) atoms. The molecule has 3 aliphatic rings. The lowest BCUT2D eigenvalue weighted by atomic mass is 9.83. The van der Waals surface area contributed by atoms with Crippen molar-refractivity contribution in [3.8, 4) is 0 Å². The lowest BCUT2D eigenvalue weighted by molar-refractivity contribution is 0.0401. The van der Waals surface area contributed by atoms with E-state index in [1.807, 2.05) is 12.2 Å². The van der Waals surface area contributed by atoms with Crippen molar-refractivity contribution in [2.24, 2.45) is 11.8 Å². The summed E-state index contributed by atoms with van der Waals surface area (Å²) in [5.41, 5.74) is 2.46. The summed E-state index contributed by atoms with van der Waals surface area (Å²) >= 11 is 0. The lowest BCUT2D eigenvalue weighted by Crippen LogP contribution is -2.24. The SMILES string of the molecule is OC1=C2C=CC=C3CCC(CO1)[C@@H]32. The predicted molar refractivity (Wildman–Crippen MR) is 49.0 cm³/mol. The highest BCUT2D eigenvalue weighted by atomic mass is 16.6. The van der Waals surface area contributed by atoms with E-state index in [1.165, 1.54) is 18.4 Å². The zero-order chi connectivity index (χ0) is 8.84. The first-order valence-electron chi connectivity index (χ1n) is 4.79. The van der Waals surface area contributed by atoms with Crippen molar-refractivity contribution < 1.29 is 9.84 Å². The predicted octanol–water partition coefficient (Wildman–Crippen LogP) is 2.31. The Morgan fingerprint density at radius 2 is 2.38 bits per heavy atom. The van der Waals surface area contributed by atoms with Crippen molar-refractivity contribution in [2.45, 2.75) is 12.8 Å². The highest BCUT2D eigenvalue weighted by Crippen LogP contribution is 2.46. The second-order valence-corrected chi connectivity index (χ2v) is 3.95. The molecule has 0 amide bonds. The summed E-state index contributed by atoms with van der Waals surface area (Å²) in [6, 6.07) is 0. The number of hydrogen-bond donors (Lipinski definition) is 1. The zero-order valence-electron chi connectivity index (χ0n) is 7.36. The first kappa shape index (κ1) is 7.25. The summed E-state index contributed by atoms with van der Waals surface area (Å²) < 4.78 is 5.23. The molecule has 2 atom stereocenters. The smallest absolute Gasteiger partial charge is 0.280 e. The van der Waals surface area contributed by atoms with Gasteiger partial charge in [0.05, 0.1) is 6.61 Å². The van der Waals surface area contributed by atoms with Crippen LogP contribution in [0.1, 0.15) is 12.8 Å². The minimum atomic E-state index is 0.144. The van der Waals surface area contributed by atoms with Gasteiger partial charge in [0.15, 0.2) is 0 Å². The summed E-state index contributed by atoms with van der Waals surface area (Å²) in [6.07, 6.45) is 8.54. The largest absolute Gasteiger partial charge is 0.481 e. The van der Waals surface area contributed by atoms with Crippen LogP contribution in [0.4, 0.5) is 0 Å². The minimum absolute atomic E-state index is 0.144. The van der Waals surface area contributed by atoms with Crippen molar-refractivity contribution in [3.63, 3.8) is 0 Å². The van der Waals surface area contributed by atoms with Gasteiger partial charge in [-0.15, -0.1) is 0 Å². The number of aliphatic hydroxyl groups excluding tert-OH is 1. The molecule has 0 aromatic heterocycles. The van der Waals surface area contributed by atoms with E-state index in [1.54, 1.807) is 0 Å². The van der Waals surface area contributed by atoms with E-state index in [-0.39, 0.29) is 5.95 Å². The number of rotatable bonds is 0. The van der Waals surface area contributed by atoms with Gasteiger partial charge in [-0.2, -0.15) is 0 Å². The monoisotopic (exact) mass is 176 g/mol. The summed E-state index contributed by atoms with van der Waals surface area (Å²) in [6.45, 7) is 0.686. The Hall–Kier alpha value is -1.18. The van der Waals surface area contributed by atoms with E-state index in [0.29, 0.717) is 18.4 Å². The molecule has 2 aliphatic carbocycles. The van der Waals surface area contributed by atoms with Crippen LogP contribution >= 0.6 is 0 Å². The number of aliphatic hydroxyl groups is 1. The van der Waals surface area contributed by atoms with Crippen LogP contribution in [0.25, 0.3) is 0 Å². The quantitative estimate of drug-likeness (QED) is 0.613. The van der Waals surface area contributed by atoms with Gasteiger partial charge in [0.2, 0.25) is 0 Å². The van der Waals surface area contributed by atoms with Gasteiger partial charge >= 0.3 is 0 Å². The normalized spacial score (nSPS) is 35.5. The van der Waals surface area contributed by atoms with Gasteiger partial charge in [0.1, 0.15) is 0 Å². The van der Waals surface area contributed by atoms with Crippen molar-refractivity contribution in [1.29, 1.82) is 0 Å². The van der Waals surface area contributed by atoms with Crippen LogP contribution in [0.15, 0.2) is 35.3 Å². The van der Waals surface area contributed by atoms with Crippen LogP contribution in [0.2, 0.25) is 0 Å². The van der Waals surface area contributed by atoms with Gasteiger partial charge in [-0.1, -0.05) is 23.8 Å². The molecular weight excluding hydrogens is 164 g/mol. The van der Waals surface area contributed by atoms with Crippen molar-refractivity contribution in [2.75, 3.05) is 6.61 Å². The van der Waals surface area contributed by atoms with E-state index >= 15 is 0 Å². The molecule has 2 heteroatoms. The molecule has 0 radical (unpaired) electrons. The third-order valence-corrected chi connectivity index (χ3v) is 3.28. The van der Waals surface area contributed by atoms with E-state index in [0.717, 1.165) is 5.57 Å². The van der Waals surface area contributed by atoms with Gasteiger partial charge in [-0.25, -0.2) is 0 Å². The minimum Gasteiger partial charge on any atom is -0.481 e. The average molecular weight is 176 g/mol. The molecule has 0 bridgehead atoms. The molecule has 1 saturated carbocycles. The highest BCUT2D eigenvalue weighted by molar-refractivity contribution is 5.42. The van der Waals surface area contributed by atoms with Crippen LogP contribution in [0, 0.1) is 11.8 Å². The summed E-state index contributed by atoms with van der Waals surface area (Å²) in [7, 11) is 0. The standard InChI is InChI=1S/C11H12O2/c12-11-9-3-1-2-7-4-5-8(6-13-11)10(7)9/h1-3,8,10,12H,4-6H2/t8?,10-/m1/s1. The summed E-state index contributed by atoms with van der Waals surface area (Å²) in [4.78, 5) is 0. The maximum atomic E-state index is 9.55. The molecule has 1 aliphatic heterocycles. The van der Waals surface area contributed by atoms with Gasteiger partial charge in [0.25, 0.3) is 5.95 Å². The summed E-state index contributed by atoms with van der Waals surface area (Å²) in [5, 5.41) is 9.55. The molecule has 1 heterocycles. The average Bonchev–Trinajstić information content (AvgIpc) is 2.57. The number of allylic oxidation sites excluding steroid dienone is 5. The van der Waals surface area contributed by atoms with E-state index in [9.17, 15) is 5.11 Å². The van der Waals surface area contributed by atoms with E-state index in [2.05, 4.69) is 6.08 Å². The number of ether oxygens (including phenoxy) is 1. The molecule has 0 saturated heterocycles. The molecule has 68 valence electrons. The van der Waals surface area contributed by atoms with Gasteiger partial charge in [0, 0.05) is 17.4 Å². The molecule has 0 aromatic rings. The van der Waals surface area contributed by atoms with Crippen LogP contribution in [-0.2, 0) is 4.74 Å². The van der Waals surface area contributed by atoms with Crippen LogP contribution in [-0.4, -0.2) is 11.7 Å². The fourth-order valence-electron chi connectivity index (χ4n) is 2.65. The molecule has 0 spiro atoms. The first-order valence-corrected chi connectivity index (χ1v) is 4.79. The Labute approximate surface area is 77.2 Å². The fourth-order valence-corrected chi connectivity index (χ4v) is 2.65. The Morgan fingerprint density at radius 1 is 1.46 bits per heavy atom. The third kappa shape index (κ3) is 0.886. The Morgan fingerprint density at radius 3 is 3.31 bits per heavy atom. The first-order chi connectivity index (χ1) is 6.36. The molecule has 1 fully saturated rings. The van der Waals surface area contributed by atoms with Crippen LogP contribution < -0.4 is 0 Å². The molecule has 3 rings (SSSR count). The van der Waals surface area contributed by atoms with Gasteiger partial charge in [-0.05, 0) is 12.8 Å². The van der Waals surface area contributed by atoms with Crippen LogP contribution in [0.5, 0.6) is 0 Å². The van der Waals surface area contributed by atoms with Crippen molar-refractivity contribution in [3.05, 3.63) is 35.3 Å². The number of hydrogen-bond acceptors (Lipinski definition) is 2. The van der Waals surface area contributed by atoms with E-state index < -0.39 is 0 Å². The fraction of sp³-hybridized carbons (Fsp3) is 0.455. The lowest BCUT2D eigenvalue weighted by Gasteiger charge is -2.29. The highest BCUT2D eigenvalue weighted by Gasteiger charge is 2.39. The zero-order valence-corrected chi connectivity index (χ0v) is 7.36. The van der Waals surface area contributed by atoms with Crippen molar-refractivity contribution >= 4 is 0 Å². The summed E-state index contributed by atoms with van der Waals surface area (Å²) in [5.74, 6) is 1.20. The second-order valence-electron chi connectivity index (χ2n) is 3.95. The topological polar surface area (TPSA) is 29.5 Å². The van der Waals surface area contributed by atoms with Crippen molar-refractivity contribution in [1.82, 2.24) is 0 Å². The van der Waals surface area contributed by atoms with Crippen LogP contribution in [0.3, 0.4) is 0 Å². The van der Waals surface area contributed by atoms with Gasteiger partial charge in [-0.3, -0.25) is 0 Å². The van der Waals surface area contributed by atoms with E-state index in [4.69, 9.17) is 4.74 Å². The Bertz CT molecular complexity index is 336. The molecule has 0 aromatic carbocycles.